The molecule has 1 aromatic heterocycles. The Hall–Kier alpha value is -1.24. The van der Waals surface area contributed by atoms with Crippen molar-refractivity contribution in [3.05, 3.63) is 39.4 Å². The van der Waals surface area contributed by atoms with Gasteiger partial charge in [0.25, 0.3) is 5.56 Å². The van der Waals surface area contributed by atoms with E-state index in [1.807, 2.05) is 6.07 Å². The molecule has 0 radical (unpaired) electrons. The van der Waals surface area contributed by atoms with Crippen LogP contribution in [-0.4, -0.2) is 34.4 Å². The molecule has 96 valence electrons. The largest absolute Gasteiger partial charge is 0.390 e. The minimum absolute atomic E-state index is 0.142. The Labute approximate surface area is 113 Å². The van der Waals surface area contributed by atoms with Crippen LogP contribution in [0.15, 0.2) is 33.8 Å². The van der Waals surface area contributed by atoms with Crippen molar-refractivity contribution in [2.24, 2.45) is 0 Å². The number of halogens is 1. The Kier molecular flexibility index (Phi) is 4.11. The molecule has 0 aliphatic carbocycles. The van der Waals surface area contributed by atoms with Crippen LogP contribution in [0.2, 0.25) is 0 Å². The summed E-state index contributed by atoms with van der Waals surface area (Å²) in [4.78, 5) is 16.4. The van der Waals surface area contributed by atoms with E-state index in [2.05, 4.69) is 26.2 Å². The van der Waals surface area contributed by atoms with Crippen LogP contribution in [0.3, 0.4) is 0 Å². The van der Waals surface area contributed by atoms with Crippen molar-refractivity contribution >= 4 is 26.8 Å². The summed E-state index contributed by atoms with van der Waals surface area (Å²) in [5, 5.41) is 13.1. The van der Waals surface area contributed by atoms with Crippen LogP contribution in [-0.2, 0) is 6.54 Å². The molecule has 2 N–H and O–H groups in total. The highest BCUT2D eigenvalue weighted by atomic mass is 79.9. The first kappa shape index (κ1) is 13.2. The van der Waals surface area contributed by atoms with Crippen LogP contribution < -0.4 is 10.9 Å². The van der Waals surface area contributed by atoms with E-state index in [1.54, 1.807) is 19.2 Å². The Balaban J connectivity index is 2.41. The summed E-state index contributed by atoms with van der Waals surface area (Å²) in [5.41, 5.74) is 0.513. The quantitative estimate of drug-likeness (QED) is 0.874. The molecule has 1 heterocycles. The van der Waals surface area contributed by atoms with Gasteiger partial charge in [-0.15, -0.1) is 0 Å². The van der Waals surface area contributed by atoms with Crippen LogP contribution in [0.5, 0.6) is 0 Å². The van der Waals surface area contributed by atoms with Crippen molar-refractivity contribution in [3.8, 4) is 0 Å². The second kappa shape index (κ2) is 5.60. The number of benzene rings is 1. The van der Waals surface area contributed by atoms with E-state index in [9.17, 15) is 9.90 Å². The van der Waals surface area contributed by atoms with E-state index < -0.39 is 6.10 Å². The minimum atomic E-state index is -0.612. The fraction of sp³-hybridized carbons (Fsp3) is 0.333. The topological polar surface area (TPSA) is 67.2 Å². The van der Waals surface area contributed by atoms with Crippen molar-refractivity contribution < 1.29 is 5.11 Å². The number of aliphatic hydroxyl groups excluding tert-OH is 1. The zero-order chi connectivity index (χ0) is 13.1. The zero-order valence-electron chi connectivity index (χ0n) is 9.93. The first-order chi connectivity index (χ1) is 8.61. The Morgan fingerprint density at radius 2 is 2.33 bits per heavy atom. The van der Waals surface area contributed by atoms with Crippen molar-refractivity contribution in [2.45, 2.75) is 12.6 Å². The van der Waals surface area contributed by atoms with Gasteiger partial charge >= 0.3 is 0 Å². The number of aliphatic hydroxyl groups is 1. The molecule has 6 heteroatoms. The fourth-order valence-electron chi connectivity index (χ4n) is 1.79. The molecule has 0 aliphatic heterocycles. The lowest BCUT2D eigenvalue weighted by atomic mass is 10.2. The second-order valence-electron chi connectivity index (χ2n) is 4.08. The number of hydrogen-bond donors (Lipinski definition) is 2. The molecule has 0 bridgehead atoms. The standard InChI is InChI=1S/C12H14BrN3O2/c1-14-5-9(17)6-16-7-15-11-3-2-8(13)4-10(11)12(16)18/h2-4,7,9,14,17H,5-6H2,1H3. The van der Waals surface area contributed by atoms with Crippen LogP contribution in [0.25, 0.3) is 10.9 Å². The monoisotopic (exact) mass is 311 g/mol. The summed E-state index contributed by atoms with van der Waals surface area (Å²) in [7, 11) is 1.75. The molecule has 0 amide bonds. The highest BCUT2D eigenvalue weighted by molar-refractivity contribution is 9.10. The van der Waals surface area contributed by atoms with Gasteiger partial charge in [0.05, 0.1) is 29.9 Å². The summed E-state index contributed by atoms with van der Waals surface area (Å²) in [6.07, 6.45) is 0.858. The average molecular weight is 312 g/mol. The summed E-state index contributed by atoms with van der Waals surface area (Å²) in [5.74, 6) is 0. The predicted octanol–water partition coefficient (Wildman–Crippen LogP) is 0.739. The molecule has 0 fully saturated rings. The molecule has 0 aliphatic rings. The molecular formula is C12H14BrN3O2. The molecule has 0 saturated carbocycles. The van der Waals surface area contributed by atoms with Gasteiger partial charge in [-0.3, -0.25) is 9.36 Å². The van der Waals surface area contributed by atoms with Gasteiger partial charge in [-0.05, 0) is 25.2 Å². The summed E-state index contributed by atoms with van der Waals surface area (Å²) in [6, 6.07) is 5.37. The smallest absolute Gasteiger partial charge is 0.261 e. The van der Waals surface area contributed by atoms with Gasteiger partial charge in [-0.2, -0.15) is 0 Å². The SMILES string of the molecule is CNCC(O)Cn1cnc2ccc(Br)cc2c1=O. The third-order valence-corrected chi connectivity index (χ3v) is 3.13. The molecule has 1 atom stereocenters. The minimum Gasteiger partial charge on any atom is -0.390 e. The van der Waals surface area contributed by atoms with E-state index in [4.69, 9.17) is 0 Å². The van der Waals surface area contributed by atoms with Crippen molar-refractivity contribution in [2.75, 3.05) is 13.6 Å². The van der Waals surface area contributed by atoms with E-state index in [0.29, 0.717) is 17.4 Å². The molecule has 1 unspecified atom stereocenters. The first-order valence-electron chi connectivity index (χ1n) is 5.59. The maximum Gasteiger partial charge on any atom is 0.261 e. The number of aromatic nitrogens is 2. The highest BCUT2D eigenvalue weighted by Crippen LogP contribution is 2.14. The van der Waals surface area contributed by atoms with Crippen LogP contribution in [0, 0.1) is 0 Å². The number of likely N-dealkylation sites (N-methyl/N-ethyl adjacent to an activating group) is 1. The fourth-order valence-corrected chi connectivity index (χ4v) is 2.15. The van der Waals surface area contributed by atoms with E-state index in [-0.39, 0.29) is 12.1 Å². The van der Waals surface area contributed by atoms with Gasteiger partial charge in [0, 0.05) is 11.0 Å². The van der Waals surface area contributed by atoms with Gasteiger partial charge in [0.15, 0.2) is 0 Å². The number of fused-ring (bicyclic) bond motifs is 1. The predicted molar refractivity (Wildman–Crippen MR) is 73.6 cm³/mol. The maximum atomic E-state index is 12.2. The molecule has 0 spiro atoms. The van der Waals surface area contributed by atoms with Gasteiger partial charge < -0.3 is 10.4 Å². The molecular weight excluding hydrogens is 298 g/mol. The maximum absolute atomic E-state index is 12.2. The number of nitrogens with zero attached hydrogens (tertiary/aromatic N) is 2. The van der Waals surface area contributed by atoms with Crippen LogP contribution >= 0.6 is 15.9 Å². The lowest BCUT2D eigenvalue weighted by Gasteiger charge is -2.12. The van der Waals surface area contributed by atoms with Crippen LogP contribution in [0.1, 0.15) is 0 Å². The number of nitrogens with one attached hydrogen (secondary N) is 1. The molecule has 0 saturated heterocycles. The highest BCUT2D eigenvalue weighted by Gasteiger charge is 2.08. The van der Waals surface area contributed by atoms with E-state index in [1.165, 1.54) is 10.9 Å². The number of hydrogen-bond acceptors (Lipinski definition) is 4. The average Bonchev–Trinajstić information content (AvgIpc) is 2.34. The third-order valence-electron chi connectivity index (χ3n) is 2.63. The van der Waals surface area contributed by atoms with E-state index in [0.717, 1.165) is 4.47 Å². The van der Waals surface area contributed by atoms with Gasteiger partial charge in [0.1, 0.15) is 0 Å². The molecule has 18 heavy (non-hydrogen) atoms. The summed E-state index contributed by atoms with van der Waals surface area (Å²) < 4.78 is 2.26. The lowest BCUT2D eigenvalue weighted by molar-refractivity contribution is 0.152. The Bertz CT molecular complexity index is 612. The Morgan fingerprint density at radius 3 is 3.06 bits per heavy atom. The second-order valence-corrected chi connectivity index (χ2v) is 4.99. The normalized spacial score (nSPS) is 12.8. The van der Waals surface area contributed by atoms with E-state index >= 15 is 0 Å². The third kappa shape index (κ3) is 2.77. The molecule has 2 rings (SSSR count). The molecule has 5 nitrogen and oxygen atoms in total. The van der Waals surface area contributed by atoms with Crippen LogP contribution in [0.4, 0.5) is 0 Å². The zero-order valence-corrected chi connectivity index (χ0v) is 11.5. The van der Waals surface area contributed by atoms with Crippen molar-refractivity contribution in [1.82, 2.24) is 14.9 Å². The van der Waals surface area contributed by atoms with Crippen molar-refractivity contribution in [1.29, 1.82) is 0 Å². The molecule has 2 aromatic rings. The van der Waals surface area contributed by atoms with Gasteiger partial charge in [-0.1, -0.05) is 15.9 Å². The van der Waals surface area contributed by atoms with Crippen molar-refractivity contribution in [3.63, 3.8) is 0 Å². The summed E-state index contributed by atoms with van der Waals surface area (Å²) >= 11 is 3.33. The van der Waals surface area contributed by atoms with Gasteiger partial charge in [-0.25, -0.2) is 4.98 Å². The molecule has 1 aromatic carbocycles. The first-order valence-corrected chi connectivity index (χ1v) is 6.38. The summed E-state index contributed by atoms with van der Waals surface area (Å²) in [6.45, 7) is 0.665. The Morgan fingerprint density at radius 1 is 1.56 bits per heavy atom. The lowest BCUT2D eigenvalue weighted by Crippen LogP contribution is -2.32. The van der Waals surface area contributed by atoms with Gasteiger partial charge in [0.2, 0.25) is 0 Å². The number of rotatable bonds is 4.